The maximum absolute atomic E-state index is 11.9. The van der Waals surface area contributed by atoms with Crippen molar-refractivity contribution in [1.29, 1.82) is 0 Å². The molecular formula is C12H21NO5. The lowest BCUT2D eigenvalue weighted by atomic mass is 10.1. The Bertz CT molecular complexity index is 330. The van der Waals surface area contributed by atoms with Crippen molar-refractivity contribution in [1.82, 2.24) is 0 Å². The molecule has 0 radical (unpaired) electrons. The first-order chi connectivity index (χ1) is 8.34. The number of carbonyl (C=O) groups excluding carboxylic acids is 1. The number of fused-ring (bicyclic) bond motifs is 1. The zero-order chi connectivity index (χ0) is 13.5. The highest BCUT2D eigenvalue weighted by molar-refractivity contribution is 5.76. The molecule has 0 amide bonds. The number of hydrogen-bond acceptors (Lipinski definition) is 6. The van der Waals surface area contributed by atoms with Gasteiger partial charge in [-0.2, -0.15) is 0 Å². The van der Waals surface area contributed by atoms with Crippen molar-refractivity contribution in [2.45, 2.75) is 64.0 Å². The smallest absolute Gasteiger partial charge is 0.338 e. The Morgan fingerprint density at radius 2 is 1.94 bits per heavy atom. The van der Waals surface area contributed by atoms with Gasteiger partial charge in [-0.15, -0.1) is 0 Å². The molecule has 0 spiro atoms. The van der Waals surface area contributed by atoms with Crippen LogP contribution in [0.2, 0.25) is 0 Å². The van der Waals surface area contributed by atoms with Crippen molar-refractivity contribution in [3.8, 4) is 0 Å². The average molecular weight is 259 g/mol. The molecule has 2 saturated heterocycles. The van der Waals surface area contributed by atoms with Crippen molar-refractivity contribution in [3.63, 3.8) is 0 Å². The lowest BCUT2D eigenvalue weighted by molar-refractivity contribution is -0.196. The Morgan fingerprint density at radius 3 is 2.50 bits per heavy atom. The van der Waals surface area contributed by atoms with E-state index in [1.165, 1.54) is 0 Å². The van der Waals surface area contributed by atoms with Gasteiger partial charge in [0.25, 0.3) is 0 Å². The predicted octanol–water partition coefficient (Wildman–Crippen LogP) is 0.184. The molecule has 2 N–H and O–H groups in total. The van der Waals surface area contributed by atoms with Crippen LogP contribution < -0.4 is 5.73 Å². The fraction of sp³-hybridized carbons (Fsp3) is 0.917. The first kappa shape index (κ1) is 13.7. The monoisotopic (exact) mass is 259 g/mol. The van der Waals surface area contributed by atoms with E-state index in [1.54, 1.807) is 13.8 Å². The first-order valence-corrected chi connectivity index (χ1v) is 6.25. The summed E-state index contributed by atoms with van der Waals surface area (Å²) >= 11 is 0. The van der Waals surface area contributed by atoms with E-state index in [0.29, 0.717) is 0 Å². The molecule has 2 aliphatic heterocycles. The molecule has 0 aromatic heterocycles. The van der Waals surface area contributed by atoms with Crippen molar-refractivity contribution >= 4 is 5.97 Å². The van der Waals surface area contributed by atoms with Gasteiger partial charge < -0.3 is 24.7 Å². The molecule has 0 aliphatic carbocycles. The quantitative estimate of drug-likeness (QED) is 0.728. The van der Waals surface area contributed by atoms with Gasteiger partial charge in [0, 0.05) is 6.54 Å². The lowest BCUT2D eigenvalue weighted by Crippen LogP contribution is -2.37. The summed E-state index contributed by atoms with van der Waals surface area (Å²) in [5.74, 6) is -1.14. The van der Waals surface area contributed by atoms with Crippen LogP contribution in [0.4, 0.5) is 0 Å². The van der Waals surface area contributed by atoms with Gasteiger partial charge in [0.05, 0.1) is 12.2 Å². The summed E-state index contributed by atoms with van der Waals surface area (Å²) in [6.07, 6.45) is -2.03. The Balaban J connectivity index is 2.11. The van der Waals surface area contributed by atoms with E-state index in [2.05, 4.69) is 0 Å². The second-order valence-electron chi connectivity index (χ2n) is 5.38. The van der Waals surface area contributed by atoms with Gasteiger partial charge in [-0.1, -0.05) is 0 Å². The molecule has 6 heteroatoms. The summed E-state index contributed by atoms with van der Waals surface area (Å²) in [6, 6.07) is 0. The Hall–Kier alpha value is -0.690. The van der Waals surface area contributed by atoms with Gasteiger partial charge in [0.1, 0.15) is 12.2 Å². The van der Waals surface area contributed by atoms with Crippen molar-refractivity contribution in [2.24, 2.45) is 5.73 Å². The number of esters is 1. The minimum atomic E-state index is -0.757. The van der Waals surface area contributed by atoms with E-state index >= 15 is 0 Å². The highest BCUT2D eigenvalue weighted by atomic mass is 16.8. The van der Waals surface area contributed by atoms with Crippen LogP contribution in [0, 0.1) is 0 Å². The Morgan fingerprint density at radius 1 is 1.33 bits per heavy atom. The lowest BCUT2D eigenvalue weighted by Gasteiger charge is -2.23. The van der Waals surface area contributed by atoms with Crippen LogP contribution >= 0.6 is 0 Å². The predicted molar refractivity (Wildman–Crippen MR) is 62.8 cm³/mol. The molecule has 2 fully saturated rings. The highest BCUT2D eigenvalue weighted by Gasteiger charge is 2.57. The minimum absolute atomic E-state index is 0.188. The number of nitrogens with two attached hydrogens (primary N) is 1. The average Bonchev–Trinajstić information content (AvgIpc) is 2.69. The fourth-order valence-corrected chi connectivity index (χ4v) is 2.36. The molecule has 0 unspecified atom stereocenters. The van der Waals surface area contributed by atoms with E-state index in [0.717, 1.165) is 0 Å². The summed E-state index contributed by atoms with van der Waals surface area (Å²) in [5.41, 5.74) is 5.63. The van der Waals surface area contributed by atoms with Crippen LogP contribution in [-0.2, 0) is 23.7 Å². The summed E-state index contributed by atoms with van der Waals surface area (Å²) in [7, 11) is 0. The standard InChI is InChI=1S/C12H21NO5/c1-6(2)15-11(14)10-9-8(7(5-13)16-10)17-12(3,4)18-9/h6-10H,5,13H2,1-4H3/t7-,8+,9+,10+/m1/s1. The molecule has 6 nitrogen and oxygen atoms in total. The molecule has 104 valence electrons. The molecule has 0 aromatic rings. The number of ether oxygens (including phenoxy) is 4. The van der Waals surface area contributed by atoms with Crippen LogP contribution in [0.25, 0.3) is 0 Å². The van der Waals surface area contributed by atoms with E-state index in [-0.39, 0.29) is 24.9 Å². The molecule has 0 bridgehead atoms. The van der Waals surface area contributed by atoms with Gasteiger partial charge in [-0.05, 0) is 27.7 Å². The molecule has 0 saturated carbocycles. The number of hydrogen-bond donors (Lipinski definition) is 1. The Kier molecular flexibility index (Phi) is 3.64. The van der Waals surface area contributed by atoms with Crippen LogP contribution in [-0.4, -0.2) is 48.8 Å². The van der Waals surface area contributed by atoms with E-state index in [1.807, 2.05) is 13.8 Å². The molecule has 0 aromatic carbocycles. The summed E-state index contributed by atoms with van der Waals surface area (Å²) < 4.78 is 22.2. The molecule has 18 heavy (non-hydrogen) atoms. The SMILES string of the molecule is CC(C)OC(=O)[C@H]1O[C@H](CN)[C@@H]2OC(C)(C)O[C@@H]21. The maximum Gasteiger partial charge on any atom is 0.338 e. The van der Waals surface area contributed by atoms with E-state index < -0.39 is 24.0 Å². The first-order valence-electron chi connectivity index (χ1n) is 6.25. The van der Waals surface area contributed by atoms with E-state index in [4.69, 9.17) is 24.7 Å². The van der Waals surface area contributed by atoms with Crippen LogP contribution in [0.5, 0.6) is 0 Å². The third-order valence-corrected chi connectivity index (χ3v) is 2.97. The molecule has 4 atom stereocenters. The summed E-state index contributed by atoms with van der Waals surface area (Å²) in [6.45, 7) is 7.49. The van der Waals surface area contributed by atoms with Crippen molar-refractivity contribution in [2.75, 3.05) is 6.54 Å². The molecule has 2 heterocycles. The van der Waals surface area contributed by atoms with Crippen molar-refractivity contribution < 1.29 is 23.7 Å². The third-order valence-electron chi connectivity index (χ3n) is 2.97. The van der Waals surface area contributed by atoms with Crippen LogP contribution in [0.1, 0.15) is 27.7 Å². The van der Waals surface area contributed by atoms with Gasteiger partial charge in [0.2, 0.25) is 0 Å². The second kappa shape index (κ2) is 4.77. The zero-order valence-electron chi connectivity index (χ0n) is 11.2. The summed E-state index contributed by atoms with van der Waals surface area (Å²) in [4.78, 5) is 11.9. The van der Waals surface area contributed by atoms with E-state index in [9.17, 15) is 4.79 Å². The topological polar surface area (TPSA) is 80.0 Å². The maximum atomic E-state index is 11.9. The fourth-order valence-electron chi connectivity index (χ4n) is 2.36. The van der Waals surface area contributed by atoms with Gasteiger partial charge in [-0.3, -0.25) is 0 Å². The third kappa shape index (κ3) is 2.51. The zero-order valence-corrected chi connectivity index (χ0v) is 11.2. The van der Waals surface area contributed by atoms with Crippen LogP contribution in [0.3, 0.4) is 0 Å². The second-order valence-corrected chi connectivity index (χ2v) is 5.38. The normalized spacial score (nSPS) is 37.9. The summed E-state index contributed by atoms with van der Waals surface area (Å²) in [5, 5.41) is 0. The molecular weight excluding hydrogens is 238 g/mol. The van der Waals surface area contributed by atoms with Crippen LogP contribution in [0.15, 0.2) is 0 Å². The van der Waals surface area contributed by atoms with Crippen molar-refractivity contribution in [3.05, 3.63) is 0 Å². The highest BCUT2D eigenvalue weighted by Crippen LogP contribution is 2.38. The Labute approximate surface area is 107 Å². The molecule has 2 rings (SSSR count). The number of carbonyl (C=O) groups is 1. The van der Waals surface area contributed by atoms with Gasteiger partial charge in [-0.25, -0.2) is 4.79 Å². The number of rotatable bonds is 3. The van der Waals surface area contributed by atoms with Gasteiger partial charge in [0.15, 0.2) is 11.9 Å². The minimum Gasteiger partial charge on any atom is -0.461 e. The largest absolute Gasteiger partial charge is 0.461 e. The van der Waals surface area contributed by atoms with Gasteiger partial charge >= 0.3 is 5.97 Å². The molecule has 2 aliphatic rings.